The van der Waals surface area contributed by atoms with Crippen LogP contribution in [0.3, 0.4) is 0 Å². The Kier molecular flexibility index (Phi) is 6.50. The monoisotopic (exact) mass is 394 g/mol. The Morgan fingerprint density at radius 2 is 1.64 bits per heavy atom. The number of hydrogen-bond donors (Lipinski definition) is 2. The van der Waals surface area contributed by atoms with Crippen LogP contribution in [0.25, 0.3) is 0 Å². The lowest BCUT2D eigenvalue weighted by Gasteiger charge is -2.21. The van der Waals surface area contributed by atoms with E-state index in [1.165, 1.54) is 5.69 Å². The van der Waals surface area contributed by atoms with Crippen LogP contribution >= 0.6 is 11.6 Å². The van der Waals surface area contributed by atoms with Gasteiger partial charge in [0.15, 0.2) is 0 Å². The molecule has 5 nitrogen and oxygen atoms in total. The lowest BCUT2D eigenvalue weighted by atomic mass is 10.2. The van der Waals surface area contributed by atoms with Crippen molar-refractivity contribution >= 4 is 40.4 Å². The third-order valence-electron chi connectivity index (χ3n) is 4.41. The van der Waals surface area contributed by atoms with Crippen LogP contribution in [0.5, 0.6) is 0 Å². The first-order valence-corrected chi connectivity index (χ1v) is 9.62. The Morgan fingerprint density at radius 1 is 0.964 bits per heavy atom. The molecule has 0 radical (unpaired) electrons. The van der Waals surface area contributed by atoms with Crippen molar-refractivity contribution in [2.75, 3.05) is 28.6 Å². The molecule has 0 fully saturated rings. The second-order valence-electron chi connectivity index (χ2n) is 6.21. The number of hydrogen-bond acceptors (Lipinski definition) is 4. The number of anilines is 4. The van der Waals surface area contributed by atoms with Crippen molar-refractivity contribution in [3.63, 3.8) is 0 Å². The first kappa shape index (κ1) is 19.7. The van der Waals surface area contributed by atoms with Crippen molar-refractivity contribution in [1.29, 1.82) is 0 Å². The van der Waals surface area contributed by atoms with Gasteiger partial charge in [-0.1, -0.05) is 23.7 Å². The Hall–Kier alpha value is -3.05. The average molecular weight is 395 g/mol. The lowest BCUT2D eigenvalue weighted by molar-refractivity contribution is 0.102. The van der Waals surface area contributed by atoms with Crippen molar-refractivity contribution in [2.45, 2.75) is 13.8 Å². The summed E-state index contributed by atoms with van der Waals surface area (Å²) in [5, 5.41) is 6.48. The minimum absolute atomic E-state index is 0.264. The number of carbonyl (C=O) groups excluding carboxylic acids is 1. The summed E-state index contributed by atoms with van der Waals surface area (Å²) in [6, 6.07) is 18.8. The third kappa shape index (κ3) is 4.81. The van der Waals surface area contributed by atoms with Crippen LogP contribution in [0.15, 0.2) is 66.9 Å². The fourth-order valence-electron chi connectivity index (χ4n) is 2.88. The van der Waals surface area contributed by atoms with Crippen molar-refractivity contribution in [3.8, 4) is 0 Å². The Morgan fingerprint density at radius 3 is 2.25 bits per heavy atom. The van der Waals surface area contributed by atoms with Gasteiger partial charge in [0.1, 0.15) is 5.82 Å². The fourth-order valence-corrected chi connectivity index (χ4v) is 3.10. The average Bonchev–Trinajstić information content (AvgIpc) is 2.72. The summed E-state index contributed by atoms with van der Waals surface area (Å²) in [5.41, 5.74) is 3.18. The molecule has 2 aromatic carbocycles. The fraction of sp³-hybridized carbons (Fsp3) is 0.182. The van der Waals surface area contributed by atoms with Crippen LogP contribution in [0, 0.1) is 0 Å². The molecule has 0 atom stereocenters. The number of nitrogens with one attached hydrogen (secondary N) is 2. The van der Waals surface area contributed by atoms with Gasteiger partial charge in [-0.05, 0) is 62.4 Å². The standard InChI is InChI=1S/C22H23ClN4O/c1-3-27(4-2)18-12-9-16(10-13-18)25-21-14-11-17(15-24-21)26-22(28)19-7-5-6-8-20(19)23/h5-15H,3-4H2,1-2H3,(H,24,25)(H,26,28). The van der Waals surface area contributed by atoms with Crippen molar-refractivity contribution in [3.05, 3.63) is 77.4 Å². The Bertz CT molecular complexity index is 922. The van der Waals surface area contributed by atoms with E-state index in [1.807, 2.05) is 18.2 Å². The van der Waals surface area contributed by atoms with Crippen LogP contribution in [0.1, 0.15) is 24.2 Å². The van der Waals surface area contributed by atoms with Crippen molar-refractivity contribution in [2.24, 2.45) is 0 Å². The zero-order chi connectivity index (χ0) is 19.9. The highest BCUT2D eigenvalue weighted by atomic mass is 35.5. The van der Waals surface area contributed by atoms with E-state index in [4.69, 9.17) is 11.6 Å². The highest BCUT2D eigenvalue weighted by Gasteiger charge is 2.10. The second kappa shape index (κ2) is 9.24. The van der Waals surface area contributed by atoms with E-state index in [-0.39, 0.29) is 5.91 Å². The van der Waals surface area contributed by atoms with Crippen LogP contribution in [0.4, 0.5) is 22.9 Å². The van der Waals surface area contributed by atoms with E-state index in [2.05, 4.69) is 46.5 Å². The quantitative estimate of drug-likeness (QED) is 0.549. The zero-order valence-electron chi connectivity index (χ0n) is 15.9. The molecule has 0 aliphatic heterocycles. The van der Waals surface area contributed by atoms with E-state index in [9.17, 15) is 4.79 Å². The number of halogens is 1. The van der Waals surface area contributed by atoms with Crippen molar-refractivity contribution in [1.82, 2.24) is 4.98 Å². The molecular weight excluding hydrogens is 372 g/mol. The number of rotatable bonds is 7. The number of benzene rings is 2. The van der Waals surface area contributed by atoms with Gasteiger partial charge in [0.25, 0.3) is 5.91 Å². The number of amides is 1. The molecule has 0 bridgehead atoms. The van der Waals surface area contributed by atoms with E-state index < -0.39 is 0 Å². The lowest BCUT2D eigenvalue weighted by Crippen LogP contribution is -2.21. The van der Waals surface area contributed by atoms with Crippen LogP contribution in [0.2, 0.25) is 5.02 Å². The number of carbonyl (C=O) groups is 1. The third-order valence-corrected chi connectivity index (χ3v) is 4.74. The predicted octanol–water partition coefficient (Wildman–Crippen LogP) is 5.58. The first-order chi connectivity index (χ1) is 13.6. The van der Waals surface area contributed by atoms with Gasteiger partial charge in [0, 0.05) is 24.5 Å². The molecular formula is C22H23ClN4O. The molecule has 0 saturated carbocycles. The molecule has 1 heterocycles. The largest absolute Gasteiger partial charge is 0.372 e. The van der Waals surface area contributed by atoms with Crippen LogP contribution < -0.4 is 15.5 Å². The van der Waals surface area contributed by atoms with Crippen LogP contribution in [-0.2, 0) is 0 Å². The summed E-state index contributed by atoms with van der Waals surface area (Å²) in [4.78, 5) is 19.0. The maximum atomic E-state index is 12.3. The van der Waals surface area contributed by atoms with Gasteiger partial charge in [-0.2, -0.15) is 0 Å². The van der Waals surface area contributed by atoms with Gasteiger partial charge in [-0.15, -0.1) is 0 Å². The van der Waals surface area contributed by atoms with Crippen LogP contribution in [-0.4, -0.2) is 24.0 Å². The normalized spacial score (nSPS) is 10.4. The molecule has 28 heavy (non-hydrogen) atoms. The second-order valence-corrected chi connectivity index (χ2v) is 6.62. The molecule has 3 rings (SSSR count). The number of nitrogens with zero attached hydrogens (tertiary/aromatic N) is 2. The molecule has 3 aromatic rings. The molecule has 0 aliphatic carbocycles. The van der Waals surface area contributed by atoms with Gasteiger partial charge in [0.05, 0.1) is 22.5 Å². The summed E-state index contributed by atoms with van der Waals surface area (Å²) < 4.78 is 0. The minimum Gasteiger partial charge on any atom is -0.372 e. The minimum atomic E-state index is -0.264. The molecule has 0 aliphatic rings. The molecule has 144 valence electrons. The molecule has 1 amide bonds. The number of pyridine rings is 1. The summed E-state index contributed by atoms with van der Waals surface area (Å²) in [7, 11) is 0. The van der Waals surface area contributed by atoms with E-state index in [0.717, 1.165) is 18.8 Å². The Labute approximate surface area is 170 Å². The first-order valence-electron chi connectivity index (χ1n) is 9.24. The SMILES string of the molecule is CCN(CC)c1ccc(Nc2ccc(NC(=O)c3ccccc3Cl)cn2)cc1. The van der Waals surface area contributed by atoms with E-state index >= 15 is 0 Å². The summed E-state index contributed by atoms with van der Waals surface area (Å²) in [6.45, 7) is 6.25. The molecule has 0 saturated heterocycles. The summed E-state index contributed by atoms with van der Waals surface area (Å²) in [6.07, 6.45) is 1.61. The Balaban J connectivity index is 1.63. The topological polar surface area (TPSA) is 57.3 Å². The van der Waals surface area contributed by atoms with Gasteiger partial charge in [-0.25, -0.2) is 4.98 Å². The maximum Gasteiger partial charge on any atom is 0.257 e. The smallest absolute Gasteiger partial charge is 0.257 e. The highest BCUT2D eigenvalue weighted by Crippen LogP contribution is 2.21. The zero-order valence-corrected chi connectivity index (χ0v) is 16.7. The molecule has 6 heteroatoms. The van der Waals surface area contributed by atoms with Gasteiger partial charge in [-0.3, -0.25) is 4.79 Å². The van der Waals surface area contributed by atoms with Gasteiger partial charge < -0.3 is 15.5 Å². The summed E-state index contributed by atoms with van der Waals surface area (Å²) >= 11 is 6.06. The summed E-state index contributed by atoms with van der Waals surface area (Å²) in [5.74, 6) is 0.437. The molecule has 1 aromatic heterocycles. The maximum absolute atomic E-state index is 12.3. The molecule has 0 unspecified atom stereocenters. The number of aromatic nitrogens is 1. The van der Waals surface area contributed by atoms with Gasteiger partial charge in [0.2, 0.25) is 0 Å². The van der Waals surface area contributed by atoms with Crippen molar-refractivity contribution < 1.29 is 4.79 Å². The predicted molar refractivity (Wildman–Crippen MR) is 117 cm³/mol. The van der Waals surface area contributed by atoms with E-state index in [0.29, 0.717) is 22.1 Å². The molecule has 0 spiro atoms. The highest BCUT2D eigenvalue weighted by molar-refractivity contribution is 6.34. The molecule has 2 N–H and O–H groups in total. The van der Waals surface area contributed by atoms with Gasteiger partial charge >= 0.3 is 0 Å². The van der Waals surface area contributed by atoms with E-state index in [1.54, 1.807) is 36.5 Å².